The van der Waals surface area contributed by atoms with Crippen molar-refractivity contribution in [3.05, 3.63) is 59.4 Å². The number of aliphatic imine (C=N–C) groups is 1. The van der Waals surface area contributed by atoms with Gasteiger partial charge in [-0.1, -0.05) is 41.9 Å². The zero-order chi connectivity index (χ0) is 25.5. The van der Waals surface area contributed by atoms with Gasteiger partial charge in [0.2, 0.25) is 5.28 Å². The van der Waals surface area contributed by atoms with Crippen molar-refractivity contribution in [3.8, 4) is 0 Å². The summed E-state index contributed by atoms with van der Waals surface area (Å²) < 4.78 is 17.5. The van der Waals surface area contributed by atoms with Gasteiger partial charge in [0.25, 0.3) is 0 Å². The fourth-order valence-electron chi connectivity index (χ4n) is 2.82. The van der Waals surface area contributed by atoms with Crippen LogP contribution in [0.15, 0.2) is 53.5 Å². The van der Waals surface area contributed by atoms with E-state index in [4.69, 9.17) is 36.2 Å². The number of halogens is 4. The largest absolute Gasteiger partial charge is 1.00 e. The van der Waals surface area contributed by atoms with E-state index in [2.05, 4.69) is 14.9 Å². The van der Waals surface area contributed by atoms with Gasteiger partial charge in [0, 0.05) is 31.9 Å². The van der Waals surface area contributed by atoms with Crippen LogP contribution in [0.3, 0.4) is 0 Å². The fourth-order valence-corrected chi connectivity index (χ4v) is 3.66. The smallest absolute Gasteiger partial charge is 1.00 e. The Balaban J connectivity index is 0. The normalized spacial score (nSPS) is 11.7. The molecule has 0 amide bonds. The van der Waals surface area contributed by atoms with Gasteiger partial charge in [-0.3, -0.25) is 4.39 Å². The minimum atomic E-state index is -1.00. The van der Waals surface area contributed by atoms with Gasteiger partial charge in [0.15, 0.2) is 0 Å². The van der Waals surface area contributed by atoms with Crippen LogP contribution >= 0.6 is 34.8 Å². The van der Waals surface area contributed by atoms with Gasteiger partial charge in [-0.05, 0) is 63.6 Å². The molecule has 0 unspecified atom stereocenters. The number of rotatable bonds is 5. The van der Waals surface area contributed by atoms with E-state index in [0.717, 1.165) is 48.7 Å². The maximum absolute atomic E-state index is 9.96. The molecule has 0 fully saturated rings. The van der Waals surface area contributed by atoms with Crippen LogP contribution in [0, 0.1) is 0 Å². The van der Waals surface area contributed by atoms with Crippen molar-refractivity contribution in [1.82, 2.24) is 19.4 Å². The first-order valence-corrected chi connectivity index (χ1v) is 11.6. The van der Waals surface area contributed by atoms with E-state index in [-0.39, 0.29) is 31.0 Å². The monoisotopic (exact) mass is 540 g/mol. The molecule has 0 saturated heterocycles. The van der Waals surface area contributed by atoms with Crippen LogP contribution < -0.4 is 29.6 Å². The summed E-state index contributed by atoms with van der Waals surface area (Å²) in [5.74, 6) is 0.729. The van der Waals surface area contributed by atoms with Crippen molar-refractivity contribution >= 4 is 56.7 Å². The molecule has 4 rings (SSSR count). The Kier molecular flexibility index (Phi) is 17.1. The van der Waals surface area contributed by atoms with E-state index in [1.807, 2.05) is 86.2 Å². The van der Waals surface area contributed by atoms with E-state index in [0.29, 0.717) is 10.5 Å². The Labute approximate surface area is 243 Å². The molecule has 3 aromatic rings. The summed E-state index contributed by atoms with van der Waals surface area (Å²) in [7, 11) is 7.10. The van der Waals surface area contributed by atoms with Crippen molar-refractivity contribution < 1.29 is 36.7 Å². The third-order valence-corrected chi connectivity index (χ3v) is 5.16. The van der Waals surface area contributed by atoms with Crippen molar-refractivity contribution in [1.29, 1.82) is 0 Å². The van der Waals surface area contributed by atoms with E-state index in [9.17, 15) is 4.39 Å². The van der Waals surface area contributed by atoms with Crippen LogP contribution in [0.25, 0.3) is 11.0 Å². The summed E-state index contributed by atoms with van der Waals surface area (Å²) in [6.45, 7) is 2.80. The van der Waals surface area contributed by atoms with Crippen LogP contribution in [0.5, 0.6) is 0 Å². The van der Waals surface area contributed by atoms with Crippen LogP contribution in [-0.4, -0.2) is 78.8 Å². The average Bonchev–Trinajstić information content (AvgIpc) is 3.31. The second kappa shape index (κ2) is 18.6. The van der Waals surface area contributed by atoms with Crippen LogP contribution in [-0.2, 0) is 13.0 Å². The summed E-state index contributed by atoms with van der Waals surface area (Å²) in [5, 5.41) is 1.26. The summed E-state index contributed by atoms with van der Waals surface area (Å²) in [6.07, 6.45) is 0.803. The van der Waals surface area contributed by atoms with Gasteiger partial charge in [0.1, 0.15) is 5.17 Å². The first-order chi connectivity index (χ1) is 16.2. The number of alkyl halides is 2. The Bertz CT molecular complexity index is 1020. The molecular weight excluding hydrogens is 507 g/mol. The standard InChI is InChI=1S/C11H14ClN3.C8H6ClN.C4H10ClN.CH3F.Na.H/c1-14(2)7-8-15-10-6-4-3-5-9(10)13-11(15)12;9-8-5-6-3-1-2-4-7(6)10-8;1-6(2)4-3-5;1-2;;/h3-6H,7-8H2,1-2H3;1-4H,5H2;3-4H2,1-2H3;1H3;;/q;;;;+1;-1/i;;;1D;;. The molecule has 1 aliphatic heterocycles. The SMILES string of the molecule is CN(C)CCCl.CN(C)CCn1c(Cl)nc2ccccc21.ClC1=Nc2ccccc2C1.[2H]CF.[H-].[Na+]. The minimum absolute atomic E-state index is 0. The maximum Gasteiger partial charge on any atom is 1.00 e. The van der Waals surface area contributed by atoms with Crippen molar-refractivity contribution in [2.75, 3.05) is 54.3 Å². The van der Waals surface area contributed by atoms with Gasteiger partial charge in [0.05, 0.1) is 25.2 Å². The minimum Gasteiger partial charge on any atom is -1.00 e. The number of benzene rings is 2. The van der Waals surface area contributed by atoms with Crippen molar-refractivity contribution in [2.24, 2.45) is 4.99 Å². The van der Waals surface area contributed by atoms with Gasteiger partial charge in [-0.15, -0.1) is 11.6 Å². The summed E-state index contributed by atoms with van der Waals surface area (Å²) in [5.41, 5.74) is 4.31. The Hall–Kier alpha value is -0.700. The number of hydrogen-bond acceptors (Lipinski definition) is 4. The molecular formula is C24H34Cl3FN5Na. The average molecular weight is 542 g/mol. The molecule has 1 aromatic heterocycles. The number of nitrogens with zero attached hydrogens (tertiary/aromatic N) is 5. The molecule has 34 heavy (non-hydrogen) atoms. The molecule has 184 valence electrons. The Morgan fingerprint density at radius 3 is 2.18 bits per heavy atom. The quantitative estimate of drug-likeness (QED) is 0.368. The second-order valence-electron chi connectivity index (χ2n) is 7.61. The Morgan fingerprint density at radius 2 is 1.62 bits per heavy atom. The molecule has 0 spiro atoms. The van der Waals surface area contributed by atoms with Crippen LogP contribution in [0.2, 0.25) is 5.28 Å². The zero-order valence-corrected chi connectivity index (χ0v) is 24.9. The molecule has 5 nitrogen and oxygen atoms in total. The molecule has 0 radical (unpaired) electrons. The van der Waals surface area contributed by atoms with Gasteiger partial charge in [-0.25, -0.2) is 9.98 Å². The zero-order valence-electron chi connectivity index (χ0n) is 22.6. The van der Waals surface area contributed by atoms with Gasteiger partial charge in [-0.2, -0.15) is 0 Å². The molecule has 0 aliphatic carbocycles. The van der Waals surface area contributed by atoms with E-state index in [1.54, 1.807) is 0 Å². The number of aromatic nitrogens is 2. The van der Waals surface area contributed by atoms with E-state index < -0.39 is 7.15 Å². The third kappa shape index (κ3) is 11.8. The van der Waals surface area contributed by atoms with Gasteiger partial charge < -0.3 is 15.8 Å². The van der Waals surface area contributed by atoms with E-state index >= 15 is 0 Å². The second-order valence-corrected chi connectivity index (χ2v) is 8.76. The molecule has 10 heteroatoms. The molecule has 0 atom stereocenters. The maximum atomic E-state index is 9.96. The predicted molar refractivity (Wildman–Crippen MR) is 144 cm³/mol. The van der Waals surface area contributed by atoms with E-state index in [1.165, 1.54) is 5.56 Å². The summed E-state index contributed by atoms with van der Waals surface area (Å²) in [4.78, 5) is 12.6. The van der Waals surface area contributed by atoms with Crippen molar-refractivity contribution in [3.63, 3.8) is 0 Å². The van der Waals surface area contributed by atoms with Crippen LogP contribution in [0.4, 0.5) is 10.1 Å². The third-order valence-electron chi connectivity index (χ3n) is 4.48. The first kappa shape index (κ1) is 31.3. The molecule has 0 N–H and O–H groups in total. The molecule has 0 bridgehead atoms. The fraction of sp³-hybridized carbons (Fsp3) is 0.417. The number of fused-ring (bicyclic) bond motifs is 2. The summed E-state index contributed by atoms with van der Waals surface area (Å²) in [6, 6.07) is 16.0. The first-order valence-electron chi connectivity index (χ1n) is 11.1. The Morgan fingerprint density at radius 1 is 1.03 bits per heavy atom. The number of hydrogen-bond donors (Lipinski definition) is 0. The predicted octanol–water partition coefficient (Wildman–Crippen LogP) is 3.25. The van der Waals surface area contributed by atoms with Gasteiger partial charge >= 0.3 is 29.6 Å². The topological polar surface area (TPSA) is 36.7 Å². The van der Waals surface area contributed by atoms with Crippen molar-refractivity contribution in [2.45, 2.75) is 13.0 Å². The molecule has 2 heterocycles. The molecule has 2 aromatic carbocycles. The molecule has 0 saturated carbocycles. The number of para-hydroxylation sites is 3. The number of imidazole rings is 1. The van der Waals surface area contributed by atoms with Crippen LogP contribution in [0.1, 0.15) is 8.36 Å². The number of likely N-dealkylation sites (N-methyl/N-ethyl adjacent to an activating group) is 1. The summed E-state index contributed by atoms with van der Waals surface area (Å²) >= 11 is 17.2. The molecule has 1 aliphatic rings.